The number of rotatable bonds is 8. The first-order valence-corrected chi connectivity index (χ1v) is 4.65. The van der Waals surface area contributed by atoms with Crippen LogP contribution in [-0.4, -0.2) is 51.5 Å². The zero-order valence-electron chi connectivity index (χ0n) is 8.51. The zero-order valence-corrected chi connectivity index (χ0v) is 8.51. The number of likely N-dealkylation sites (N-methyl/N-ethyl adjacent to an activating group) is 1. The highest BCUT2D eigenvalue weighted by atomic mass is 16.5. The van der Waals surface area contributed by atoms with Crippen LogP contribution in [0, 0.1) is 0 Å². The van der Waals surface area contributed by atoms with Crippen LogP contribution < -0.4 is 0 Å². The van der Waals surface area contributed by atoms with Crippen molar-refractivity contribution >= 4 is 0 Å². The topological polar surface area (TPSA) is 21.7 Å². The summed E-state index contributed by atoms with van der Waals surface area (Å²) in [7, 11) is 2.08. The molecule has 0 heterocycles. The molecule has 0 saturated carbocycles. The Balaban J connectivity index is 3.04. The quantitative estimate of drug-likeness (QED) is 0.514. The lowest BCUT2D eigenvalue weighted by Gasteiger charge is -2.15. The minimum atomic E-state index is 0.805. The first-order chi connectivity index (χ1) is 5.81. The molecule has 0 bridgehead atoms. The fraction of sp³-hybridized carbons (Fsp3) is 1.00. The molecule has 0 radical (unpaired) electrons. The van der Waals surface area contributed by atoms with Crippen LogP contribution in [0.2, 0.25) is 0 Å². The average molecular weight is 175 g/mol. The molecule has 0 saturated heterocycles. The summed E-state index contributed by atoms with van der Waals surface area (Å²) in [6, 6.07) is 0. The summed E-state index contributed by atoms with van der Waals surface area (Å²) in [5.74, 6) is 0. The number of nitrogens with zero attached hydrogens (tertiary/aromatic N) is 1. The van der Waals surface area contributed by atoms with E-state index in [-0.39, 0.29) is 0 Å². The predicted octanol–water partition coefficient (Wildman–Crippen LogP) is 0.991. The first kappa shape index (κ1) is 11.9. The molecule has 0 aromatic heterocycles. The van der Waals surface area contributed by atoms with E-state index in [1.807, 2.05) is 13.8 Å². The second-order valence-corrected chi connectivity index (χ2v) is 2.70. The van der Waals surface area contributed by atoms with E-state index < -0.39 is 0 Å². The number of hydrogen-bond acceptors (Lipinski definition) is 3. The van der Waals surface area contributed by atoms with Crippen molar-refractivity contribution in [3.63, 3.8) is 0 Å². The predicted molar refractivity (Wildman–Crippen MR) is 50.5 cm³/mol. The largest absolute Gasteiger partial charge is 0.380 e. The second-order valence-electron chi connectivity index (χ2n) is 2.70. The molecule has 0 aliphatic carbocycles. The van der Waals surface area contributed by atoms with E-state index in [1.54, 1.807) is 0 Å². The SMILES string of the molecule is CCOCCN(C)CCOCC. The van der Waals surface area contributed by atoms with E-state index in [1.165, 1.54) is 0 Å². The van der Waals surface area contributed by atoms with Crippen LogP contribution in [0.5, 0.6) is 0 Å². The van der Waals surface area contributed by atoms with E-state index in [0.717, 1.165) is 39.5 Å². The molecule has 0 aromatic rings. The number of hydrogen-bond donors (Lipinski definition) is 0. The van der Waals surface area contributed by atoms with Gasteiger partial charge in [0, 0.05) is 26.3 Å². The summed E-state index contributed by atoms with van der Waals surface area (Å²) in [4.78, 5) is 2.21. The van der Waals surface area contributed by atoms with Gasteiger partial charge in [-0.1, -0.05) is 0 Å². The maximum absolute atomic E-state index is 5.23. The third kappa shape index (κ3) is 7.98. The minimum Gasteiger partial charge on any atom is -0.380 e. The van der Waals surface area contributed by atoms with Gasteiger partial charge in [-0.05, 0) is 20.9 Å². The highest BCUT2D eigenvalue weighted by molar-refractivity contribution is 4.48. The van der Waals surface area contributed by atoms with Crippen molar-refractivity contribution in [3.05, 3.63) is 0 Å². The van der Waals surface area contributed by atoms with E-state index in [4.69, 9.17) is 9.47 Å². The lowest BCUT2D eigenvalue weighted by Crippen LogP contribution is -2.27. The molecule has 0 unspecified atom stereocenters. The fourth-order valence-corrected chi connectivity index (χ4v) is 0.841. The van der Waals surface area contributed by atoms with Crippen LogP contribution in [0.15, 0.2) is 0 Å². The van der Waals surface area contributed by atoms with E-state index >= 15 is 0 Å². The Hall–Kier alpha value is -0.120. The van der Waals surface area contributed by atoms with Gasteiger partial charge in [-0.25, -0.2) is 0 Å². The normalized spacial score (nSPS) is 11.0. The highest BCUT2D eigenvalue weighted by Crippen LogP contribution is 1.84. The molecule has 0 aromatic carbocycles. The van der Waals surface area contributed by atoms with Gasteiger partial charge >= 0.3 is 0 Å². The molecule has 0 aliphatic heterocycles. The Bertz CT molecular complexity index is 78.6. The van der Waals surface area contributed by atoms with Gasteiger partial charge in [0.15, 0.2) is 0 Å². The van der Waals surface area contributed by atoms with Crippen LogP contribution in [0.25, 0.3) is 0 Å². The van der Waals surface area contributed by atoms with E-state index in [0.29, 0.717) is 0 Å². The van der Waals surface area contributed by atoms with Gasteiger partial charge < -0.3 is 14.4 Å². The molecule has 0 N–H and O–H groups in total. The third-order valence-corrected chi connectivity index (χ3v) is 1.64. The summed E-state index contributed by atoms with van der Waals surface area (Å²) >= 11 is 0. The Morgan fingerprint density at radius 1 is 0.917 bits per heavy atom. The summed E-state index contributed by atoms with van der Waals surface area (Å²) in [5.41, 5.74) is 0. The maximum Gasteiger partial charge on any atom is 0.0593 e. The minimum absolute atomic E-state index is 0.805. The van der Waals surface area contributed by atoms with Crippen molar-refractivity contribution in [1.82, 2.24) is 4.90 Å². The van der Waals surface area contributed by atoms with Gasteiger partial charge in [0.1, 0.15) is 0 Å². The monoisotopic (exact) mass is 175 g/mol. The molecular formula is C9H21NO2. The van der Waals surface area contributed by atoms with Crippen LogP contribution >= 0.6 is 0 Å². The molecule has 3 heteroatoms. The van der Waals surface area contributed by atoms with E-state index in [2.05, 4.69) is 11.9 Å². The van der Waals surface area contributed by atoms with Gasteiger partial charge in [-0.15, -0.1) is 0 Å². The molecule has 0 aliphatic rings. The molecule has 3 nitrogen and oxygen atoms in total. The highest BCUT2D eigenvalue weighted by Gasteiger charge is 1.96. The van der Waals surface area contributed by atoms with Crippen molar-refractivity contribution in [2.45, 2.75) is 13.8 Å². The summed E-state index contributed by atoms with van der Waals surface area (Å²) in [5, 5.41) is 0. The van der Waals surface area contributed by atoms with Gasteiger partial charge in [-0.3, -0.25) is 0 Å². The van der Waals surface area contributed by atoms with Gasteiger partial charge in [-0.2, -0.15) is 0 Å². The molecule has 0 atom stereocenters. The Kier molecular flexibility index (Phi) is 8.88. The number of ether oxygens (including phenoxy) is 2. The summed E-state index contributed by atoms with van der Waals surface area (Å²) in [6.45, 7) is 9.25. The Labute approximate surface area is 75.6 Å². The standard InChI is InChI=1S/C9H21NO2/c1-4-11-8-6-10(3)7-9-12-5-2/h4-9H2,1-3H3. The molecule has 0 fully saturated rings. The van der Waals surface area contributed by atoms with Gasteiger partial charge in [0.05, 0.1) is 13.2 Å². The molecule has 0 rings (SSSR count). The Morgan fingerprint density at radius 3 is 1.67 bits per heavy atom. The van der Waals surface area contributed by atoms with Crippen LogP contribution in [0.3, 0.4) is 0 Å². The fourth-order valence-electron chi connectivity index (χ4n) is 0.841. The maximum atomic E-state index is 5.23. The van der Waals surface area contributed by atoms with Crippen molar-refractivity contribution < 1.29 is 9.47 Å². The van der Waals surface area contributed by atoms with Crippen LogP contribution in [0.1, 0.15) is 13.8 Å². The van der Waals surface area contributed by atoms with Crippen LogP contribution in [0.4, 0.5) is 0 Å². The molecule has 12 heavy (non-hydrogen) atoms. The van der Waals surface area contributed by atoms with Crippen molar-refractivity contribution in [2.75, 3.05) is 46.6 Å². The molecule has 0 amide bonds. The lowest BCUT2D eigenvalue weighted by atomic mass is 10.5. The van der Waals surface area contributed by atoms with Crippen LogP contribution in [-0.2, 0) is 9.47 Å². The van der Waals surface area contributed by atoms with Crippen molar-refractivity contribution in [2.24, 2.45) is 0 Å². The van der Waals surface area contributed by atoms with Crippen molar-refractivity contribution in [3.8, 4) is 0 Å². The summed E-state index contributed by atoms with van der Waals surface area (Å²) in [6.07, 6.45) is 0. The lowest BCUT2D eigenvalue weighted by molar-refractivity contribution is 0.0935. The molecular weight excluding hydrogens is 154 g/mol. The summed E-state index contributed by atoms with van der Waals surface area (Å²) < 4.78 is 10.5. The molecule has 74 valence electrons. The van der Waals surface area contributed by atoms with Gasteiger partial charge in [0.25, 0.3) is 0 Å². The second kappa shape index (κ2) is 8.97. The molecule has 0 spiro atoms. The first-order valence-electron chi connectivity index (χ1n) is 4.65. The zero-order chi connectivity index (χ0) is 9.23. The van der Waals surface area contributed by atoms with Crippen molar-refractivity contribution in [1.29, 1.82) is 0 Å². The Morgan fingerprint density at radius 2 is 1.33 bits per heavy atom. The van der Waals surface area contributed by atoms with Gasteiger partial charge in [0.2, 0.25) is 0 Å². The average Bonchev–Trinajstić information content (AvgIpc) is 2.06. The smallest absolute Gasteiger partial charge is 0.0593 e. The third-order valence-electron chi connectivity index (χ3n) is 1.64. The van der Waals surface area contributed by atoms with E-state index in [9.17, 15) is 0 Å².